The molecule has 0 saturated carbocycles. The first-order valence-electron chi connectivity index (χ1n) is 6.80. The zero-order chi connectivity index (χ0) is 11.7. The third-order valence-corrected chi connectivity index (χ3v) is 6.22. The van der Waals surface area contributed by atoms with Crippen molar-refractivity contribution in [1.29, 1.82) is 0 Å². The van der Waals surface area contributed by atoms with Crippen LogP contribution in [0, 0.1) is 0 Å². The van der Waals surface area contributed by atoms with E-state index in [2.05, 4.69) is 34.1 Å². The lowest BCUT2D eigenvalue weighted by Gasteiger charge is -2.38. The Hall–Kier alpha value is 0.430. The van der Waals surface area contributed by atoms with Gasteiger partial charge in [0, 0.05) is 0 Å². The largest absolute Gasteiger partial charge is 0.107 e. The van der Waals surface area contributed by atoms with Gasteiger partial charge >= 0.3 is 0 Å². The summed E-state index contributed by atoms with van der Waals surface area (Å²) >= 11 is 0. The van der Waals surface area contributed by atoms with Crippen LogP contribution in [0.5, 0.6) is 0 Å². The second-order valence-corrected chi connectivity index (χ2v) is 7.81. The Balaban J connectivity index is 4.41. The second kappa shape index (κ2) is 8.57. The van der Waals surface area contributed by atoms with Gasteiger partial charge in [0.1, 0.15) is 0 Å². The molecule has 0 radical (unpaired) electrons. The van der Waals surface area contributed by atoms with E-state index in [0.29, 0.717) is 0 Å². The predicted octanol–water partition coefficient (Wildman–Crippen LogP) is 5.65. The molecule has 0 unspecified atom stereocenters. The minimum atomic E-state index is 0.223. The highest BCUT2D eigenvalue weighted by molar-refractivity contribution is 7.57. The first-order valence-corrected chi connectivity index (χ1v) is 9.04. The maximum absolute atomic E-state index is 2.50. The summed E-state index contributed by atoms with van der Waals surface area (Å²) in [6, 6.07) is 0. The van der Waals surface area contributed by atoms with Crippen LogP contribution in [0.15, 0.2) is 0 Å². The smallest absolute Gasteiger partial charge is 0.00994 e. The van der Waals surface area contributed by atoms with Gasteiger partial charge in [0.2, 0.25) is 0 Å². The van der Waals surface area contributed by atoms with Crippen molar-refractivity contribution in [3.63, 3.8) is 0 Å². The quantitative estimate of drug-likeness (QED) is 0.449. The number of hydrogen-bond acceptors (Lipinski definition) is 0. The Morgan fingerprint density at radius 2 is 1.20 bits per heavy atom. The Bertz CT molecular complexity index is 132. The fraction of sp³-hybridized carbons (Fsp3) is 1.00. The molecule has 0 heterocycles. The highest BCUT2D eigenvalue weighted by atomic mass is 31.1. The minimum Gasteiger partial charge on any atom is -0.107 e. The van der Waals surface area contributed by atoms with E-state index in [4.69, 9.17) is 0 Å². The molecule has 0 aliphatic rings. The van der Waals surface area contributed by atoms with Crippen LogP contribution in [0.2, 0.25) is 0 Å². The molecule has 0 spiro atoms. The SMILES string of the molecule is CCCCC(CCC)(CCCC)P(C)C. The maximum Gasteiger partial charge on any atom is -0.00994 e. The van der Waals surface area contributed by atoms with Crippen LogP contribution in [0.4, 0.5) is 0 Å². The molecule has 15 heavy (non-hydrogen) atoms. The zero-order valence-electron chi connectivity index (χ0n) is 11.6. The van der Waals surface area contributed by atoms with Crippen LogP contribution >= 0.6 is 7.92 Å². The Kier molecular flexibility index (Phi) is 8.81. The van der Waals surface area contributed by atoms with Crippen LogP contribution in [-0.4, -0.2) is 18.5 Å². The lowest BCUT2D eigenvalue weighted by Crippen LogP contribution is -2.26. The van der Waals surface area contributed by atoms with Gasteiger partial charge < -0.3 is 0 Å². The van der Waals surface area contributed by atoms with Crippen LogP contribution in [0.3, 0.4) is 0 Å². The van der Waals surface area contributed by atoms with Crippen molar-refractivity contribution in [1.82, 2.24) is 0 Å². The maximum atomic E-state index is 2.50. The van der Waals surface area contributed by atoms with Crippen LogP contribution < -0.4 is 0 Å². The van der Waals surface area contributed by atoms with Crippen LogP contribution in [0.1, 0.15) is 72.1 Å². The Labute approximate surface area is 99.0 Å². The van der Waals surface area contributed by atoms with Crippen molar-refractivity contribution in [2.75, 3.05) is 13.3 Å². The molecule has 0 aromatic heterocycles. The van der Waals surface area contributed by atoms with E-state index in [-0.39, 0.29) is 7.92 Å². The summed E-state index contributed by atoms with van der Waals surface area (Å²) in [5.74, 6) is 0. The van der Waals surface area contributed by atoms with E-state index < -0.39 is 0 Å². The zero-order valence-corrected chi connectivity index (χ0v) is 12.5. The number of hydrogen-bond donors (Lipinski definition) is 0. The lowest BCUT2D eigenvalue weighted by molar-refractivity contribution is 0.426. The molecule has 0 aromatic carbocycles. The monoisotopic (exact) mass is 230 g/mol. The van der Waals surface area contributed by atoms with Gasteiger partial charge in [0.25, 0.3) is 0 Å². The summed E-state index contributed by atoms with van der Waals surface area (Å²) in [6.07, 6.45) is 11.4. The molecule has 92 valence electrons. The molecule has 0 nitrogen and oxygen atoms in total. The first kappa shape index (κ1) is 15.4. The fourth-order valence-electron chi connectivity index (χ4n) is 2.52. The average molecular weight is 230 g/mol. The first-order chi connectivity index (χ1) is 7.13. The van der Waals surface area contributed by atoms with Crippen LogP contribution in [-0.2, 0) is 0 Å². The molecule has 0 saturated heterocycles. The predicted molar refractivity (Wildman–Crippen MR) is 75.5 cm³/mol. The van der Waals surface area contributed by atoms with E-state index in [1.807, 2.05) is 0 Å². The molecule has 0 amide bonds. The van der Waals surface area contributed by atoms with E-state index in [9.17, 15) is 0 Å². The molecule has 0 aliphatic carbocycles. The molecule has 0 N–H and O–H groups in total. The van der Waals surface area contributed by atoms with Gasteiger partial charge in [-0.2, -0.15) is 0 Å². The molecular formula is C14H31P. The fourth-order valence-corrected chi connectivity index (χ4v) is 4.40. The molecule has 0 bridgehead atoms. The topological polar surface area (TPSA) is 0 Å². The van der Waals surface area contributed by atoms with Gasteiger partial charge in [-0.05, 0) is 37.7 Å². The van der Waals surface area contributed by atoms with Crippen molar-refractivity contribution >= 4 is 7.92 Å². The molecule has 0 aromatic rings. The molecule has 1 heteroatoms. The molecular weight excluding hydrogens is 199 g/mol. The van der Waals surface area contributed by atoms with E-state index in [1.165, 1.54) is 51.4 Å². The summed E-state index contributed by atoms with van der Waals surface area (Å²) < 4.78 is 0. The van der Waals surface area contributed by atoms with Gasteiger partial charge in [-0.25, -0.2) is 0 Å². The van der Waals surface area contributed by atoms with Gasteiger partial charge in [-0.1, -0.05) is 52.9 Å². The summed E-state index contributed by atoms with van der Waals surface area (Å²) in [7, 11) is 0.223. The Morgan fingerprint density at radius 3 is 1.47 bits per heavy atom. The summed E-state index contributed by atoms with van der Waals surface area (Å²) in [5.41, 5.74) is 0. The normalized spacial score (nSPS) is 12.4. The molecule has 0 fully saturated rings. The summed E-state index contributed by atoms with van der Waals surface area (Å²) in [5, 5.41) is 0.718. The number of unbranched alkanes of at least 4 members (excludes halogenated alkanes) is 2. The third-order valence-electron chi connectivity index (χ3n) is 3.66. The third kappa shape index (κ3) is 5.34. The number of rotatable bonds is 9. The van der Waals surface area contributed by atoms with Crippen molar-refractivity contribution in [3.8, 4) is 0 Å². The standard InChI is InChI=1S/C14H31P/c1-6-9-12-14(11-8-3,15(4)5)13-10-7-2/h6-13H2,1-5H3. The molecule has 0 atom stereocenters. The highest BCUT2D eigenvalue weighted by Gasteiger charge is 2.30. The summed E-state index contributed by atoms with van der Waals surface area (Å²) in [4.78, 5) is 0. The van der Waals surface area contributed by atoms with Gasteiger partial charge in [0.05, 0.1) is 0 Å². The van der Waals surface area contributed by atoms with E-state index >= 15 is 0 Å². The van der Waals surface area contributed by atoms with Gasteiger partial charge in [-0.15, -0.1) is 7.92 Å². The van der Waals surface area contributed by atoms with Crippen molar-refractivity contribution < 1.29 is 0 Å². The Morgan fingerprint density at radius 1 is 0.733 bits per heavy atom. The van der Waals surface area contributed by atoms with Crippen LogP contribution in [0.25, 0.3) is 0 Å². The van der Waals surface area contributed by atoms with Gasteiger partial charge in [0.15, 0.2) is 0 Å². The molecule has 0 rings (SSSR count). The van der Waals surface area contributed by atoms with Crippen molar-refractivity contribution in [3.05, 3.63) is 0 Å². The molecule has 0 aliphatic heterocycles. The second-order valence-electron chi connectivity index (χ2n) is 5.08. The van der Waals surface area contributed by atoms with Gasteiger partial charge in [-0.3, -0.25) is 0 Å². The minimum absolute atomic E-state index is 0.223. The van der Waals surface area contributed by atoms with Crippen molar-refractivity contribution in [2.24, 2.45) is 0 Å². The summed E-state index contributed by atoms with van der Waals surface area (Å²) in [6.45, 7) is 12.0. The average Bonchev–Trinajstić information content (AvgIpc) is 2.22. The van der Waals surface area contributed by atoms with Crippen molar-refractivity contribution in [2.45, 2.75) is 77.3 Å². The van der Waals surface area contributed by atoms with E-state index in [0.717, 1.165) is 5.16 Å². The van der Waals surface area contributed by atoms with E-state index in [1.54, 1.807) is 0 Å². The highest BCUT2D eigenvalue weighted by Crippen LogP contribution is 2.52. The lowest BCUT2D eigenvalue weighted by atomic mass is 9.90.